The fourth-order valence-electron chi connectivity index (χ4n) is 1.66. The average Bonchev–Trinajstić information content (AvgIpc) is 2.10. The van der Waals surface area contributed by atoms with E-state index < -0.39 is 0 Å². The normalized spacial score (nSPS) is 36.2. The summed E-state index contributed by atoms with van der Waals surface area (Å²) in [6.07, 6.45) is 2.67. The minimum absolute atomic E-state index is 0.128. The molecule has 1 aliphatic heterocycles. The first-order chi connectivity index (χ1) is 5.61. The van der Waals surface area contributed by atoms with Crippen molar-refractivity contribution in [2.45, 2.75) is 38.6 Å². The lowest BCUT2D eigenvalue weighted by atomic mass is 9.81. The standard InChI is InChI=1S/C9H18N2O/c1-3-7-5-9(10,4-2)6-11-8(7)12/h7H,3-6,10H2,1-2H3,(H,11,12). The van der Waals surface area contributed by atoms with Gasteiger partial charge in [-0.15, -0.1) is 0 Å². The van der Waals surface area contributed by atoms with Crippen molar-refractivity contribution >= 4 is 5.91 Å². The molecule has 1 amide bonds. The molecule has 12 heavy (non-hydrogen) atoms. The highest BCUT2D eigenvalue weighted by Gasteiger charge is 2.34. The summed E-state index contributed by atoms with van der Waals surface area (Å²) in [5.74, 6) is 0.302. The molecule has 0 aromatic carbocycles. The van der Waals surface area contributed by atoms with Crippen molar-refractivity contribution in [3.8, 4) is 0 Å². The number of nitrogens with one attached hydrogen (secondary N) is 1. The van der Waals surface area contributed by atoms with Gasteiger partial charge in [-0.1, -0.05) is 13.8 Å². The number of hydrogen-bond donors (Lipinski definition) is 2. The van der Waals surface area contributed by atoms with Crippen LogP contribution < -0.4 is 11.1 Å². The van der Waals surface area contributed by atoms with Gasteiger partial charge in [-0.25, -0.2) is 0 Å². The van der Waals surface area contributed by atoms with Crippen LogP contribution in [-0.4, -0.2) is 18.0 Å². The van der Waals surface area contributed by atoms with E-state index in [0.717, 1.165) is 19.3 Å². The van der Waals surface area contributed by atoms with Crippen LogP contribution in [0.1, 0.15) is 33.1 Å². The van der Waals surface area contributed by atoms with Gasteiger partial charge in [-0.2, -0.15) is 0 Å². The Morgan fingerprint density at radius 2 is 2.33 bits per heavy atom. The highest BCUT2D eigenvalue weighted by atomic mass is 16.1. The summed E-state index contributed by atoms with van der Waals surface area (Å²) in [5.41, 5.74) is 5.91. The van der Waals surface area contributed by atoms with Gasteiger partial charge in [-0.3, -0.25) is 4.79 Å². The van der Waals surface area contributed by atoms with E-state index in [2.05, 4.69) is 12.2 Å². The van der Waals surface area contributed by atoms with Crippen LogP contribution in [-0.2, 0) is 4.79 Å². The molecule has 0 aromatic heterocycles. The first-order valence-electron chi connectivity index (χ1n) is 4.68. The molecule has 2 atom stereocenters. The summed E-state index contributed by atoms with van der Waals surface area (Å²) < 4.78 is 0. The number of amides is 1. The molecule has 1 saturated heterocycles. The molecular weight excluding hydrogens is 152 g/mol. The number of carbonyl (C=O) groups is 1. The van der Waals surface area contributed by atoms with Gasteiger partial charge in [0.05, 0.1) is 0 Å². The summed E-state index contributed by atoms with van der Waals surface area (Å²) >= 11 is 0. The molecule has 2 unspecified atom stereocenters. The van der Waals surface area contributed by atoms with Crippen molar-refractivity contribution in [3.05, 3.63) is 0 Å². The van der Waals surface area contributed by atoms with Crippen LogP contribution in [0.4, 0.5) is 0 Å². The number of carbonyl (C=O) groups excluding carboxylic acids is 1. The molecule has 70 valence electrons. The van der Waals surface area contributed by atoms with Crippen LogP contribution in [0.2, 0.25) is 0 Å². The van der Waals surface area contributed by atoms with E-state index in [0.29, 0.717) is 6.54 Å². The lowest BCUT2D eigenvalue weighted by molar-refractivity contribution is -0.128. The molecule has 1 rings (SSSR count). The van der Waals surface area contributed by atoms with Gasteiger partial charge in [0, 0.05) is 18.0 Å². The minimum Gasteiger partial charge on any atom is -0.354 e. The van der Waals surface area contributed by atoms with Gasteiger partial charge >= 0.3 is 0 Å². The van der Waals surface area contributed by atoms with Crippen molar-refractivity contribution in [2.75, 3.05) is 6.54 Å². The predicted molar refractivity (Wildman–Crippen MR) is 48.6 cm³/mol. The minimum atomic E-state index is -0.158. The monoisotopic (exact) mass is 170 g/mol. The molecule has 0 aromatic rings. The van der Waals surface area contributed by atoms with Gasteiger partial charge in [0.25, 0.3) is 0 Å². The summed E-state index contributed by atoms with van der Waals surface area (Å²) in [4.78, 5) is 11.3. The zero-order valence-electron chi connectivity index (χ0n) is 7.89. The van der Waals surface area contributed by atoms with Crippen molar-refractivity contribution < 1.29 is 4.79 Å². The molecule has 3 nitrogen and oxygen atoms in total. The Hall–Kier alpha value is -0.570. The Morgan fingerprint density at radius 3 is 2.83 bits per heavy atom. The second-order valence-electron chi connectivity index (χ2n) is 3.74. The summed E-state index contributed by atoms with van der Waals surface area (Å²) in [6, 6.07) is 0. The third-order valence-electron chi connectivity index (χ3n) is 2.84. The van der Waals surface area contributed by atoms with E-state index in [1.54, 1.807) is 0 Å². The van der Waals surface area contributed by atoms with E-state index in [1.807, 2.05) is 6.92 Å². The van der Waals surface area contributed by atoms with Gasteiger partial charge in [-0.05, 0) is 19.3 Å². The van der Waals surface area contributed by atoms with E-state index in [9.17, 15) is 4.79 Å². The van der Waals surface area contributed by atoms with Crippen LogP contribution in [0.25, 0.3) is 0 Å². The smallest absolute Gasteiger partial charge is 0.223 e. The third kappa shape index (κ3) is 1.78. The number of nitrogens with two attached hydrogens (primary N) is 1. The van der Waals surface area contributed by atoms with Gasteiger partial charge < -0.3 is 11.1 Å². The van der Waals surface area contributed by atoms with Gasteiger partial charge in [0.2, 0.25) is 5.91 Å². The highest BCUT2D eigenvalue weighted by Crippen LogP contribution is 2.24. The molecule has 0 aliphatic carbocycles. The Morgan fingerprint density at radius 1 is 1.67 bits per heavy atom. The molecule has 0 bridgehead atoms. The van der Waals surface area contributed by atoms with Crippen LogP contribution >= 0.6 is 0 Å². The summed E-state index contributed by atoms with van der Waals surface area (Å²) in [5, 5.41) is 2.86. The molecule has 1 aliphatic rings. The van der Waals surface area contributed by atoms with Gasteiger partial charge in [0.15, 0.2) is 0 Å². The fraction of sp³-hybridized carbons (Fsp3) is 0.889. The number of hydrogen-bond acceptors (Lipinski definition) is 2. The summed E-state index contributed by atoms with van der Waals surface area (Å²) in [6.45, 7) is 4.74. The topological polar surface area (TPSA) is 55.1 Å². The Balaban J connectivity index is 2.61. The third-order valence-corrected chi connectivity index (χ3v) is 2.84. The number of piperidine rings is 1. The van der Waals surface area contributed by atoms with Crippen molar-refractivity contribution in [1.82, 2.24) is 5.32 Å². The molecule has 0 radical (unpaired) electrons. The Labute approximate surface area is 73.7 Å². The molecular formula is C9H18N2O. The lowest BCUT2D eigenvalue weighted by Gasteiger charge is -2.36. The average molecular weight is 170 g/mol. The zero-order valence-corrected chi connectivity index (χ0v) is 7.89. The molecule has 0 saturated carbocycles. The maximum atomic E-state index is 11.3. The molecule has 3 N–H and O–H groups in total. The molecule has 1 fully saturated rings. The van der Waals surface area contributed by atoms with E-state index in [1.165, 1.54) is 0 Å². The zero-order chi connectivity index (χ0) is 9.19. The SMILES string of the molecule is CCC1CC(N)(CC)CNC1=O. The molecule has 3 heteroatoms. The lowest BCUT2D eigenvalue weighted by Crippen LogP contribution is -2.57. The Kier molecular flexibility index (Phi) is 2.73. The van der Waals surface area contributed by atoms with Crippen molar-refractivity contribution in [3.63, 3.8) is 0 Å². The largest absolute Gasteiger partial charge is 0.354 e. The quantitative estimate of drug-likeness (QED) is 0.639. The van der Waals surface area contributed by atoms with Crippen molar-refractivity contribution in [2.24, 2.45) is 11.7 Å². The Bertz CT molecular complexity index is 181. The van der Waals surface area contributed by atoms with Crippen LogP contribution in [0.5, 0.6) is 0 Å². The maximum absolute atomic E-state index is 11.3. The van der Waals surface area contributed by atoms with Crippen LogP contribution in [0.15, 0.2) is 0 Å². The predicted octanol–water partition coefficient (Wildman–Crippen LogP) is 0.640. The van der Waals surface area contributed by atoms with Crippen molar-refractivity contribution in [1.29, 1.82) is 0 Å². The first kappa shape index (κ1) is 9.52. The highest BCUT2D eigenvalue weighted by molar-refractivity contribution is 5.79. The van der Waals surface area contributed by atoms with E-state index in [-0.39, 0.29) is 17.4 Å². The van der Waals surface area contributed by atoms with Gasteiger partial charge in [0.1, 0.15) is 0 Å². The molecule has 0 spiro atoms. The fourth-order valence-corrected chi connectivity index (χ4v) is 1.66. The first-order valence-corrected chi connectivity index (χ1v) is 4.68. The molecule has 1 heterocycles. The van der Waals surface area contributed by atoms with E-state index in [4.69, 9.17) is 5.73 Å². The van der Waals surface area contributed by atoms with Crippen LogP contribution in [0, 0.1) is 5.92 Å². The second-order valence-corrected chi connectivity index (χ2v) is 3.74. The maximum Gasteiger partial charge on any atom is 0.223 e. The van der Waals surface area contributed by atoms with E-state index >= 15 is 0 Å². The van der Waals surface area contributed by atoms with Crippen LogP contribution in [0.3, 0.4) is 0 Å². The number of rotatable bonds is 2. The summed E-state index contributed by atoms with van der Waals surface area (Å²) in [7, 11) is 0. The second kappa shape index (κ2) is 3.44.